The molecule has 0 aliphatic carbocycles. The number of pyridine rings is 2. The lowest BCUT2D eigenvalue weighted by molar-refractivity contribution is 0.0996. The largest absolute Gasteiger partial charge is 0.357 e. The number of aryl methyl sites for hydroxylation is 1. The summed E-state index contributed by atoms with van der Waals surface area (Å²) in [5, 5.41) is 8.55. The first-order valence-corrected chi connectivity index (χ1v) is 11.4. The third kappa shape index (κ3) is 4.08. The lowest BCUT2D eigenvalue weighted by Gasteiger charge is -2.24. The van der Waals surface area contributed by atoms with Gasteiger partial charge in [0.15, 0.2) is 5.82 Å². The highest BCUT2D eigenvalue weighted by Crippen LogP contribution is 2.34. The average molecular weight is 449 g/mol. The molecule has 2 N–H and O–H groups in total. The third-order valence-corrected chi connectivity index (χ3v) is 6.12. The van der Waals surface area contributed by atoms with Crippen molar-refractivity contribution in [2.24, 2.45) is 5.73 Å². The zero-order chi connectivity index (χ0) is 23.9. The molecule has 4 heterocycles. The molecule has 9 heteroatoms. The van der Waals surface area contributed by atoms with Crippen LogP contribution in [0.4, 0.5) is 11.6 Å². The number of nitrogens with zero attached hydrogens (tertiary/aromatic N) is 7. The Morgan fingerprint density at radius 3 is 2.61 bits per heavy atom. The molecule has 4 rings (SSSR count). The van der Waals surface area contributed by atoms with E-state index in [9.17, 15) is 4.79 Å². The molecule has 9 nitrogen and oxygen atoms in total. The number of fused-ring (bicyclic) bond motifs is 1. The Hall–Kier alpha value is -3.33. The molecule has 174 valence electrons. The van der Waals surface area contributed by atoms with E-state index in [0.29, 0.717) is 29.4 Å². The Bertz CT molecular complexity index is 1180. The average Bonchev–Trinajstić information content (AvgIpc) is 3.32. The lowest BCUT2D eigenvalue weighted by Crippen LogP contribution is -2.28. The number of hydrogen-bond acceptors (Lipinski definition) is 7. The molecule has 1 amide bonds. The Morgan fingerprint density at radius 2 is 1.94 bits per heavy atom. The standard InChI is InChI=1S/C24H32N8O/c1-7-11-31-16(5)28-29-23(31)19-9-8-10-20(26-19)32-13-18-17(24(32)33)12-21(30(6)14(2)3)27-22(18)15(4)25/h8-10,12,14-15H,7,11,13,25H2,1-6H3/t15-/m1/s1. The second kappa shape index (κ2) is 8.90. The van der Waals surface area contributed by atoms with Gasteiger partial charge in [0, 0.05) is 31.2 Å². The highest BCUT2D eigenvalue weighted by molar-refractivity contribution is 6.10. The molecule has 33 heavy (non-hydrogen) atoms. The van der Waals surface area contributed by atoms with Crippen molar-refractivity contribution in [3.8, 4) is 11.5 Å². The molecule has 0 spiro atoms. The number of amides is 1. The van der Waals surface area contributed by atoms with Crippen LogP contribution in [0.15, 0.2) is 24.3 Å². The van der Waals surface area contributed by atoms with E-state index in [1.54, 1.807) is 4.90 Å². The van der Waals surface area contributed by atoms with Crippen molar-refractivity contribution >= 4 is 17.5 Å². The molecule has 3 aromatic heterocycles. The van der Waals surface area contributed by atoms with E-state index in [1.165, 1.54) is 0 Å². The molecule has 0 aromatic carbocycles. The van der Waals surface area contributed by atoms with Crippen LogP contribution in [-0.4, -0.2) is 43.7 Å². The van der Waals surface area contributed by atoms with Gasteiger partial charge in [0.2, 0.25) is 0 Å². The monoisotopic (exact) mass is 448 g/mol. The summed E-state index contributed by atoms with van der Waals surface area (Å²) in [6.45, 7) is 11.3. The molecule has 0 saturated heterocycles. The van der Waals surface area contributed by atoms with Gasteiger partial charge < -0.3 is 15.2 Å². The predicted octanol–water partition coefficient (Wildman–Crippen LogP) is 3.48. The fourth-order valence-corrected chi connectivity index (χ4v) is 4.08. The van der Waals surface area contributed by atoms with E-state index >= 15 is 0 Å². The van der Waals surface area contributed by atoms with E-state index in [4.69, 9.17) is 15.7 Å². The molecule has 1 aliphatic heterocycles. The van der Waals surface area contributed by atoms with Crippen LogP contribution in [0, 0.1) is 6.92 Å². The minimum absolute atomic E-state index is 0.0939. The van der Waals surface area contributed by atoms with Gasteiger partial charge in [0.05, 0.1) is 17.8 Å². The number of hydrogen-bond donors (Lipinski definition) is 1. The molecule has 0 fully saturated rings. The summed E-state index contributed by atoms with van der Waals surface area (Å²) in [7, 11) is 1.97. The molecular weight excluding hydrogens is 416 g/mol. The molecular formula is C24H32N8O. The third-order valence-electron chi connectivity index (χ3n) is 6.12. The number of aromatic nitrogens is 5. The van der Waals surface area contributed by atoms with Crippen LogP contribution in [0.3, 0.4) is 0 Å². The summed E-state index contributed by atoms with van der Waals surface area (Å²) in [5.41, 5.74) is 9.21. The SMILES string of the molecule is CCCn1c(C)nnc1-c1cccc(N2Cc3c(cc(N(C)C(C)C)nc3[C@@H](C)N)C2=O)n1. The summed E-state index contributed by atoms with van der Waals surface area (Å²) in [6, 6.07) is 7.47. The van der Waals surface area contributed by atoms with Gasteiger partial charge in [-0.05, 0) is 52.3 Å². The highest BCUT2D eigenvalue weighted by Gasteiger charge is 2.34. The molecule has 0 bridgehead atoms. The topological polar surface area (TPSA) is 106 Å². The number of carbonyl (C=O) groups excluding carboxylic acids is 1. The lowest BCUT2D eigenvalue weighted by atomic mass is 10.0. The van der Waals surface area contributed by atoms with Crippen molar-refractivity contribution in [1.82, 2.24) is 24.7 Å². The van der Waals surface area contributed by atoms with Gasteiger partial charge in [-0.3, -0.25) is 9.69 Å². The van der Waals surface area contributed by atoms with E-state index in [0.717, 1.165) is 35.9 Å². The maximum Gasteiger partial charge on any atom is 0.260 e. The van der Waals surface area contributed by atoms with Crippen LogP contribution in [0.5, 0.6) is 0 Å². The van der Waals surface area contributed by atoms with Crippen LogP contribution in [0.25, 0.3) is 11.5 Å². The van der Waals surface area contributed by atoms with Crippen LogP contribution in [0.2, 0.25) is 0 Å². The van der Waals surface area contributed by atoms with Crippen molar-refractivity contribution in [2.75, 3.05) is 16.8 Å². The second-order valence-corrected chi connectivity index (χ2v) is 8.88. The van der Waals surface area contributed by atoms with Gasteiger partial charge in [-0.1, -0.05) is 13.0 Å². The zero-order valence-corrected chi connectivity index (χ0v) is 20.2. The Kier molecular flexibility index (Phi) is 6.16. The van der Waals surface area contributed by atoms with Gasteiger partial charge in [-0.25, -0.2) is 9.97 Å². The minimum atomic E-state index is -0.290. The van der Waals surface area contributed by atoms with Crippen molar-refractivity contribution in [3.05, 3.63) is 46.9 Å². The first-order chi connectivity index (χ1) is 15.7. The predicted molar refractivity (Wildman–Crippen MR) is 129 cm³/mol. The fraction of sp³-hybridized carbons (Fsp3) is 0.458. The zero-order valence-electron chi connectivity index (χ0n) is 20.2. The minimum Gasteiger partial charge on any atom is -0.357 e. The number of anilines is 2. The van der Waals surface area contributed by atoms with Gasteiger partial charge in [-0.15, -0.1) is 10.2 Å². The summed E-state index contributed by atoms with van der Waals surface area (Å²) in [5.74, 6) is 2.78. The molecule has 0 radical (unpaired) electrons. The quantitative estimate of drug-likeness (QED) is 0.590. The van der Waals surface area contributed by atoms with E-state index < -0.39 is 0 Å². The smallest absolute Gasteiger partial charge is 0.260 e. The van der Waals surface area contributed by atoms with Gasteiger partial charge in [0.1, 0.15) is 23.2 Å². The molecule has 1 atom stereocenters. The van der Waals surface area contributed by atoms with Crippen molar-refractivity contribution in [1.29, 1.82) is 0 Å². The van der Waals surface area contributed by atoms with Crippen molar-refractivity contribution < 1.29 is 4.79 Å². The highest BCUT2D eigenvalue weighted by atomic mass is 16.2. The maximum absolute atomic E-state index is 13.5. The molecule has 0 unspecified atom stereocenters. The van der Waals surface area contributed by atoms with Crippen LogP contribution in [0.1, 0.15) is 67.6 Å². The second-order valence-electron chi connectivity index (χ2n) is 8.88. The number of carbonyl (C=O) groups is 1. The van der Waals surface area contributed by atoms with Gasteiger partial charge in [0.25, 0.3) is 5.91 Å². The fourth-order valence-electron chi connectivity index (χ4n) is 4.08. The Labute approximate surface area is 194 Å². The van der Waals surface area contributed by atoms with Gasteiger partial charge >= 0.3 is 0 Å². The van der Waals surface area contributed by atoms with Crippen LogP contribution in [-0.2, 0) is 13.1 Å². The summed E-state index contributed by atoms with van der Waals surface area (Å²) in [6.07, 6.45) is 0.964. The number of nitrogens with two attached hydrogens (primary N) is 1. The Morgan fingerprint density at radius 1 is 1.18 bits per heavy atom. The summed E-state index contributed by atoms with van der Waals surface area (Å²) >= 11 is 0. The summed E-state index contributed by atoms with van der Waals surface area (Å²) < 4.78 is 2.05. The van der Waals surface area contributed by atoms with Crippen molar-refractivity contribution in [3.63, 3.8) is 0 Å². The van der Waals surface area contributed by atoms with E-state index in [-0.39, 0.29) is 18.0 Å². The number of rotatable bonds is 7. The first-order valence-electron chi connectivity index (χ1n) is 11.4. The Balaban J connectivity index is 1.74. The molecule has 1 aliphatic rings. The van der Waals surface area contributed by atoms with Crippen LogP contribution >= 0.6 is 0 Å². The molecule has 3 aromatic rings. The van der Waals surface area contributed by atoms with Gasteiger partial charge in [-0.2, -0.15) is 0 Å². The van der Waals surface area contributed by atoms with E-state index in [2.05, 4.69) is 35.5 Å². The maximum atomic E-state index is 13.5. The first kappa shape index (κ1) is 22.8. The van der Waals surface area contributed by atoms with Crippen LogP contribution < -0.4 is 15.5 Å². The normalized spacial score (nSPS) is 14.2. The van der Waals surface area contributed by atoms with E-state index in [1.807, 2.05) is 50.1 Å². The summed E-state index contributed by atoms with van der Waals surface area (Å²) in [4.78, 5) is 26.8. The molecule has 0 saturated carbocycles. The van der Waals surface area contributed by atoms with Crippen molar-refractivity contribution in [2.45, 2.75) is 66.2 Å².